The van der Waals surface area contributed by atoms with Crippen molar-refractivity contribution in [3.05, 3.63) is 71.5 Å². The average Bonchev–Trinajstić information content (AvgIpc) is 3.00. The van der Waals surface area contributed by atoms with Crippen molar-refractivity contribution in [2.75, 3.05) is 12.4 Å². The number of carbonyl (C=O) groups is 1. The zero-order chi connectivity index (χ0) is 18.4. The summed E-state index contributed by atoms with van der Waals surface area (Å²) in [5.74, 6) is 0.928. The van der Waals surface area contributed by atoms with E-state index in [9.17, 15) is 4.79 Å². The molecule has 0 aliphatic carbocycles. The van der Waals surface area contributed by atoms with Gasteiger partial charge in [0.1, 0.15) is 17.1 Å². The highest BCUT2D eigenvalue weighted by atomic mass is 32.2. The lowest BCUT2D eigenvalue weighted by Crippen LogP contribution is -2.06. The van der Waals surface area contributed by atoms with Crippen LogP contribution in [0.15, 0.2) is 59.8 Å². The second-order valence-electron chi connectivity index (χ2n) is 5.62. The van der Waals surface area contributed by atoms with E-state index >= 15 is 0 Å². The Labute approximate surface area is 155 Å². The van der Waals surface area contributed by atoms with E-state index in [0.29, 0.717) is 18.1 Å². The quantitative estimate of drug-likeness (QED) is 0.485. The van der Waals surface area contributed by atoms with E-state index in [2.05, 4.69) is 22.3 Å². The highest BCUT2D eigenvalue weighted by molar-refractivity contribution is 7.99. The normalized spacial score (nSPS) is 10.7. The van der Waals surface area contributed by atoms with Gasteiger partial charge in [0.2, 0.25) is 0 Å². The minimum absolute atomic E-state index is 0.168. The summed E-state index contributed by atoms with van der Waals surface area (Å²) in [6.45, 7) is 0.385. The molecule has 6 nitrogen and oxygen atoms in total. The molecule has 2 aromatic carbocycles. The van der Waals surface area contributed by atoms with E-state index in [1.807, 2.05) is 29.8 Å². The summed E-state index contributed by atoms with van der Waals surface area (Å²) in [5.41, 5.74) is 1.36. The fraction of sp³-hybridized carbons (Fsp3) is 0.211. The smallest absolute Gasteiger partial charge is 0.339 e. The number of carboxylic acids is 1. The van der Waals surface area contributed by atoms with E-state index in [0.717, 1.165) is 17.4 Å². The number of para-hydroxylation sites is 1. The minimum atomic E-state index is -0.993. The van der Waals surface area contributed by atoms with Gasteiger partial charge in [-0.2, -0.15) is 0 Å². The van der Waals surface area contributed by atoms with E-state index < -0.39 is 5.97 Å². The van der Waals surface area contributed by atoms with Crippen LogP contribution >= 0.6 is 11.8 Å². The molecule has 1 heterocycles. The van der Waals surface area contributed by atoms with Crippen molar-refractivity contribution in [1.82, 2.24) is 14.8 Å². The van der Waals surface area contributed by atoms with Gasteiger partial charge in [0.05, 0.1) is 6.61 Å². The van der Waals surface area contributed by atoms with Crippen LogP contribution in [0.4, 0.5) is 0 Å². The minimum Gasteiger partial charge on any atom is -0.492 e. The second kappa shape index (κ2) is 8.53. The van der Waals surface area contributed by atoms with Gasteiger partial charge in [-0.25, -0.2) is 4.79 Å². The van der Waals surface area contributed by atoms with Crippen LogP contribution in [0.1, 0.15) is 21.7 Å². The van der Waals surface area contributed by atoms with Crippen molar-refractivity contribution in [2.45, 2.75) is 11.6 Å². The number of hydrogen-bond acceptors (Lipinski definition) is 5. The molecule has 0 aliphatic heterocycles. The molecule has 0 atom stereocenters. The average molecular weight is 369 g/mol. The third kappa shape index (κ3) is 4.43. The first-order valence-electron chi connectivity index (χ1n) is 8.15. The molecule has 3 aromatic rings. The highest BCUT2D eigenvalue weighted by Crippen LogP contribution is 2.20. The second-order valence-corrected chi connectivity index (χ2v) is 6.68. The molecule has 26 heavy (non-hydrogen) atoms. The summed E-state index contributed by atoms with van der Waals surface area (Å²) < 4.78 is 7.58. The molecular formula is C19H19N3O3S. The van der Waals surface area contributed by atoms with Crippen LogP contribution in [-0.2, 0) is 13.5 Å². The van der Waals surface area contributed by atoms with Crippen molar-refractivity contribution in [2.24, 2.45) is 7.05 Å². The number of ether oxygens (including phenoxy) is 1. The molecule has 0 radical (unpaired) electrons. The van der Waals surface area contributed by atoms with Crippen LogP contribution in [0.5, 0.6) is 5.75 Å². The van der Waals surface area contributed by atoms with Crippen molar-refractivity contribution in [3.63, 3.8) is 0 Å². The Bertz CT molecular complexity index is 881. The molecule has 0 saturated carbocycles. The third-order valence-corrected chi connectivity index (χ3v) is 4.80. The third-order valence-electron chi connectivity index (χ3n) is 3.82. The van der Waals surface area contributed by atoms with E-state index in [4.69, 9.17) is 9.84 Å². The summed E-state index contributed by atoms with van der Waals surface area (Å²) in [6, 6.07) is 16.8. The number of nitrogens with zero attached hydrogens (tertiary/aromatic N) is 3. The van der Waals surface area contributed by atoms with Crippen molar-refractivity contribution < 1.29 is 14.6 Å². The molecule has 0 saturated heterocycles. The number of thioether (sulfide) groups is 1. The van der Waals surface area contributed by atoms with E-state index in [1.54, 1.807) is 18.2 Å². The lowest BCUT2D eigenvalue weighted by atomic mass is 10.1. The Hall–Kier alpha value is -2.80. The molecule has 0 spiro atoms. The standard InChI is InChI=1S/C19H19N3O3S/c1-22-17(13-14-7-3-2-4-8-14)20-21-19(22)26-12-11-25-16-10-6-5-9-15(16)18(23)24/h2-10H,11-13H2,1H3,(H,23,24). The van der Waals surface area contributed by atoms with Gasteiger partial charge >= 0.3 is 5.97 Å². The molecular weight excluding hydrogens is 350 g/mol. The van der Waals surface area contributed by atoms with E-state index in [-0.39, 0.29) is 5.56 Å². The monoisotopic (exact) mass is 369 g/mol. The van der Waals surface area contributed by atoms with Gasteiger partial charge in [-0.05, 0) is 17.7 Å². The Kier molecular flexibility index (Phi) is 5.91. The summed E-state index contributed by atoms with van der Waals surface area (Å²) in [7, 11) is 1.95. The molecule has 0 amide bonds. The molecule has 0 aliphatic rings. The van der Waals surface area contributed by atoms with Gasteiger partial charge in [0, 0.05) is 19.2 Å². The maximum Gasteiger partial charge on any atom is 0.339 e. The van der Waals surface area contributed by atoms with Gasteiger partial charge in [-0.15, -0.1) is 10.2 Å². The largest absolute Gasteiger partial charge is 0.492 e. The molecule has 1 N–H and O–H groups in total. The highest BCUT2D eigenvalue weighted by Gasteiger charge is 2.12. The maximum atomic E-state index is 11.2. The van der Waals surface area contributed by atoms with Crippen LogP contribution in [0.3, 0.4) is 0 Å². The van der Waals surface area contributed by atoms with Gasteiger partial charge in [0.15, 0.2) is 5.16 Å². The van der Waals surface area contributed by atoms with Gasteiger partial charge < -0.3 is 14.4 Å². The van der Waals surface area contributed by atoms with Gasteiger partial charge in [0.25, 0.3) is 0 Å². The zero-order valence-electron chi connectivity index (χ0n) is 14.3. The Morgan fingerprint density at radius 3 is 2.62 bits per heavy atom. The first-order chi connectivity index (χ1) is 12.6. The number of aromatic nitrogens is 3. The molecule has 0 unspecified atom stereocenters. The number of hydrogen-bond donors (Lipinski definition) is 1. The number of benzene rings is 2. The first-order valence-corrected chi connectivity index (χ1v) is 9.14. The zero-order valence-corrected chi connectivity index (χ0v) is 15.1. The van der Waals surface area contributed by atoms with Gasteiger partial charge in [-0.3, -0.25) is 0 Å². The van der Waals surface area contributed by atoms with Gasteiger partial charge in [-0.1, -0.05) is 54.2 Å². The SMILES string of the molecule is Cn1c(Cc2ccccc2)nnc1SCCOc1ccccc1C(=O)O. The molecule has 1 aromatic heterocycles. The number of carboxylic acid groups (broad SMARTS) is 1. The molecule has 134 valence electrons. The van der Waals surface area contributed by atoms with Crippen LogP contribution < -0.4 is 4.74 Å². The molecule has 0 fully saturated rings. The fourth-order valence-electron chi connectivity index (χ4n) is 2.46. The van der Waals surface area contributed by atoms with Crippen LogP contribution in [-0.4, -0.2) is 38.2 Å². The van der Waals surface area contributed by atoms with Crippen LogP contribution in [0, 0.1) is 0 Å². The Balaban J connectivity index is 1.54. The maximum absolute atomic E-state index is 11.2. The van der Waals surface area contributed by atoms with Crippen LogP contribution in [0.2, 0.25) is 0 Å². The topological polar surface area (TPSA) is 77.2 Å². The fourth-order valence-corrected chi connectivity index (χ4v) is 3.20. The number of rotatable bonds is 8. The van der Waals surface area contributed by atoms with Crippen LogP contribution in [0.25, 0.3) is 0 Å². The summed E-state index contributed by atoms with van der Waals surface area (Å²) in [4.78, 5) is 11.2. The predicted molar refractivity (Wildman–Crippen MR) is 99.9 cm³/mol. The van der Waals surface area contributed by atoms with E-state index in [1.165, 1.54) is 23.4 Å². The number of aromatic carboxylic acids is 1. The lowest BCUT2D eigenvalue weighted by Gasteiger charge is -2.08. The Morgan fingerprint density at radius 2 is 1.85 bits per heavy atom. The molecule has 0 bridgehead atoms. The Morgan fingerprint density at radius 1 is 1.12 bits per heavy atom. The van der Waals surface area contributed by atoms with Crippen molar-refractivity contribution in [1.29, 1.82) is 0 Å². The molecule has 7 heteroatoms. The predicted octanol–water partition coefficient (Wildman–Crippen LogP) is 3.28. The first kappa shape index (κ1) is 18.0. The lowest BCUT2D eigenvalue weighted by molar-refractivity contribution is 0.0692. The molecule has 3 rings (SSSR count). The van der Waals surface area contributed by atoms with Crippen molar-refractivity contribution in [3.8, 4) is 5.75 Å². The summed E-state index contributed by atoms with van der Waals surface area (Å²) >= 11 is 1.53. The summed E-state index contributed by atoms with van der Waals surface area (Å²) in [6.07, 6.45) is 0.730. The summed E-state index contributed by atoms with van der Waals surface area (Å²) in [5, 5.41) is 18.5. The van der Waals surface area contributed by atoms with Crippen molar-refractivity contribution >= 4 is 17.7 Å².